The minimum Gasteiger partial charge on any atom is -0.491 e. The fourth-order valence-electron chi connectivity index (χ4n) is 2.49. The second-order valence-electron chi connectivity index (χ2n) is 5.58. The Morgan fingerprint density at radius 1 is 0.944 bits per heavy atom. The maximum Gasteiger partial charge on any atom is 0.119 e. The lowest BCUT2D eigenvalue weighted by atomic mass is 9.86. The van der Waals surface area contributed by atoms with Gasteiger partial charge < -0.3 is 10.1 Å². The maximum atomic E-state index is 5.67. The van der Waals surface area contributed by atoms with E-state index >= 15 is 0 Å². The average molecular weight is 249 g/mol. The third-order valence-corrected chi connectivity index (χ3v) is 3.37. The van der Waals surface area contributed by atoms with E-state index in [-0.39, 0.29) is 6.10 Å². The highest BCUT2D eigenvalue weighted by Gasteiger charge is 2.20. The zero-order chi connectivity index (χ0) is 13.7. The number of hydrogen-bond acceptors (Lipinski definition) is 2. The predicted octanol–water partition coefficient (Wildman–Crippen LogP) is 3.82. The van der Waals surface area contributed by atoms with Gasteiger partial charge in [0.1, 0.15) is 5.75 Å². The Kier molecular flexibility index (Phi) is 5.67. The molecule has 0 aliphatic rings. The minimum atomic E-state index is 0.231. The summed E-state index contributed by atoms with van der Waals surface area (Å²) in [5.41, 5.74) is 1.36. The van der Waals surface area contributed by atoms with Gasteiger partial charge in [0.15, 0.2) is 0 Å². The summed E-state index contributed by atoms with van der Waals surface area (Å²) in [4.78, 5) is 0. The molecule has 1 aromatic carbocycles. The Bertz CT molecular complexity index is 343. The lowest BCUT2D eigenvalue weighted by Crippen LogP contribution is -2.35. The standard InChI is InChI=1S/C16H27NO/c1-11(2)16(17-6)13(5)14-7-9-15(10-8-14)18-12(3)4/h7-13,16-17H,1-6H3. The predicted molar refractivity (Wildman–Crippen MR) is 78.3 cm³/mol. The van der Waals surface area contributed by atoms with Crippen LogP contribution in [0.5, 0.6) is 5.75 Å². The largest absolute Gasteiger partial charge is 0.491 e. The molecule has 0 radical (unpaired) electrons. The van der Waals surface area contributed by atoms with E-state index < -0.39 is 0 Å². The third kappa shape index (κ3) is 4.02. The van der Waals surface area contributed by atoms with Crippen LogP contribution in [0, 0.1) is 5.92 Å². The highest BCUT2D eigenvalue weighted by molar-refractivity contribution is 5.30. The Morgan fingerprint density at radius 2 is 1.50 bits per heavy atom. The first kappa shape index (κ1) is 15.0. The number of hydrogen-bond donors (Lipinski definition) is 1. The molecule has 0 amide bonds. The minimum absolute atomic E-state index is 0.231. The Morgan fingerprint density at radius 3 is 1.89 bits per heavy atom. The van der Waals surface area contributed by atoms with Gasteiger partial charge in [0.25, 0.3) is 0 Å². The van der Waals surface area contributed by atoms with Crippen molar-refractivity contribution in [1.82, 2.24) is 5.32 Å². The number of nitrogens with one attached hydrogen (secondary N) is 1. The highest BCUT2D eigenvalue weighted by Crippen LogP contribution is 2.25. The number of ether oxygens (including phenoxy) is 1. The van der Waals surface area contributed by atoms with Crippen molar-refractivity contribution in [2.45, 2.75) is 52.7 Å². The summed E-state index contributed by atoms with van der Waals surface area (Å²) < 4.78 is 5.67. The van der Waals surface area contributed by atoms with E-state index in [1.807, 2.05) is 20.9 Å². The highest BCUT2D eigenvalue weighted by atomic mass is 16.5. The topological polar surface area (TPSA) is 21.3 Å². The fourth-order valence-corrected chi connectivity index (χ4v) is 2.49. The van der Waals surface area contributed by atoms with Gasteiger partial charge in [-0.2, -0.15) is 0 Å². The molecule has 1 rings (SSSR count). The van der Waals surface area contributed by atoms with Crippen molar-refractivity contribution in [1.29, 1.82) is 0 Å². The molecule has 102 valence electrons. The van der Waals surface area contributed by atoms with Gasteiger partial charge in [-0.3, -0.25) is 0 Å². The zero-order valence-corrected chi connectivity index (χ0v) is 12.5. The van der Waals surface area contributed by atoms with Crippen LogP contribution in [0.1, 0.15) is 46.1 Å². The van der Waals surface area contributed by atoms with E-state index in [0.717, 1.165) is 5.75 Å². The Labute approximate surface area is 112 Å². The quantitative estimate of drug-likeness (QED) is 0.827. The van der Waals surface area contributed by atoms with E-state index in [2.05, 4.69) is 50.4 Å². The zero-order valence-electron chi connectivity index (χ0n) is 12.5. The Balaban J connectivity index is 2.77. The van der Waals surface area contributed by atoms with E-state index in [0.29, 0.717) is 17.9 Å². The number of rotatable bonds is 6. The average Bonchev–Trinajstić information content (AvgIpc) is 2.29. The number of likely N-dealkylation sites (N-methyl/N-ethyl adjacent to an activating group) is 1. The van der Waals surface area contributed by atoms with Crippen LogP contribution < -0.4 is 10.1 Å². The summed E-state index contributed by atoms with van der Waals surface area (Å²) in [6.07, 6.45) is 0.231. The van der Waals surface area contributed by atoms with Crippen molar-refractivity contribution in [3.63, 3.8) is 0 Å². The molecule has 1 aromatic rings. The van der Waals surface area contributed by atoms with Crippen LogP contribution in [0.4, 0.5) is 0 Å². The summed E-state index contributed by atoms with van der Waals surface area (Å²) in [7, 11) is 2.04. The van der Waals surface area contributed by atoms with Crippen molar-refractivity contribution >= 4 is 0 Å². The lowest BCUT2D eigenvalue weighted by molar-refractivity contribution is 0.242. The monoisotopic (exact) mass is 249 g/mol. The molecule has 2 nitrogen and oxygen atoms in total. The molecule has 0 aliphatic heterocycles. The van der Waals surface area contributed by atoms with E-state index in [4.69, 9.17) is 4.74 Å². The normalized spacial score (nSPS) is 14.9. The third-order valence-electron chi connectivity index (χ3n) is 3.37. The van der Waals surface area contributed by atoms with Gasteiger partial charge in [0.2, 0.25) is 0 Å². The van der Waals surface area contributed by atoms with Gasteiger partial charge in [-0.05, 0) is 50.4 Å². The molecule has 2 heteroatoms. The van der Waals surface area contributed by atoms with Crippen molar-refractivity contribution in [2.24, 2.45) is 5.92 Å². The van der Waals surface area contributed by atoms with Crippen molar-refractivity contribution < 1.29 is 4.74 Å². The molecule has 0 aromatic heterocycles. The molecule has 0 spiro atoms. The first-order valence-electron chi connectivity index (χ1n) is 6.89. The van der Waals surface area contributed by atoms with E-state index in [1.54, 1.807) is 0 Å². The van der Waals surface area contributed by atoms with E-state index in [1.165, 1.54) is 5.56 Å². The van der Waals surface area contributed by atoms with Crippen LogP contribution in [0.25, 0.3) is 0 Å². The maximum absolute atomic E-state index is 5.67. The van der Waals surface area contributed by atoms with Gasteiger partial charge in [0, 0.05) is 6.04 Å². The summed E-state index contributed by atoms with van der Waals surface area (Å²) in [5, 5.41) is 3.42. The first-order chi connectivity index (χ1) is 8.45. The van der Waals surface area contributed by atoms with Gasteiger partial charge >= 0.3 is 0 Å². The fraction of sp³-hybridized carbons (Fsp3) is 0.625. The van der Waals surface area contributed by atoms with Crippen LogP contribution in [0.2, 0.25) is 0 Å². The van der Waals surface area contributed by atoms with Gasteiger partial charge in [-0.1, -0.05) is 32.9 Å². The molecular formula is C16H27NO. The molecule has 2 atom stereocenters. The SMILES string of the molecule is CNC(C(C)C)C(C)c1ccc(OC(C)C)cc1. The second kappa shape index (κ2) is 6.79. The molecule has 18 heavy (non-hydrogen) atoms. The Hall–Kier alpha value is -1.02. The smallest absolute Gasteiger partial charge is 0.119 e. The summed E-state index contributed by atoms with van der Waals surface area (Å²) >= 11 is 0. The van der Waals surface area contributed by atoms with Crippen molar-refractivity contribution in [3.8, 4) is 5.75 Å². The van der Waals surface area contributed by atoms with Crippen LogP contribution in [-0.4, -0.2) is 19.2 Å². The van der Waals surface area contributed by atoms with Crippen LogP contribution in [-0.2, 0) is 0 Å². The summed E-state index contributed by atoms with van der Waals surface area (Å²) in [5.74, 6) is 2.08. The second-order valence-corrected chi connectivity index (χ2v) is 5.58. The lowest BCUT2D eigenvalue weighted by Gasteiger charge is -2.27. The molecule has 2 unspecified atom stereocenters. The molecule has 0 bridgehead atoms. The number of benzene rings is 1. The van der Waals surface area contributed by atoms with Crippen LogP contribution in [0.3, 0.4) is 0 Å². The molecular weight excluding hydrogens is 222 g/mol. The molecule has 0 saturated heterocycles. The molecule has 1 N–H and O–H groups in total. The molecule has 0 aliphatic carbocycles. The molecule has 0 saturated carbocycles. The molecule has 0 fully saturated rings. The summed E-state index contributed by atoms with van der Waals surface area (Å²) in [6.45, 7) is 10.9. The van der Waals surface area contributed by atoms with Gasteiger partial charge in [-0.15, -0.1) is 0 Å². The molecule has 0 heterocycles. The van der Waals surface area contributed by atoms with Gasteiger partial charge in [0.05, 0.1) is 6.10 Å². The van der Waals surface area contributed by atoms with Crippen LogP contribution in [0.15, 0.2) is 24.3 Å². The van der Waals surface area contributed by atoms with Gasteiger partial charge in [-0.25, -0.2) is 0 Å². The summed E-state index contributed by atoms with van der Waals surface area (Å²) in [6, 6.07) is 8.99. The van der Waals surface area contributed by atoms with Crippen molar-refractivity contribution in [2.75, 3.05) is 7.05 Å². The van der Waals surface area contributed by atoms with E-state index in [9.17, 15) is 0 Å². The van der Waals surface area contributed by atoms with Crippen molar-refractivity contribution in [3.05, 3.63) is 29.8 Å². The first-order valence-corrected chi connectivity index (χ1v) is 6.89. The van der Waals surface area contributed by atoms with Crippen LogP contribution >= 0.6 is 0 Å².